The van der Waals surface area contributed by atoms with Gasteiger partial charge in [0.1, 0.15) is 16.4 Å². The van der Waals surface area contributed by atoms with Gasteiger partial charge in [0.15, 0.2) is 0 Å². The minimum Gasteiger partial charge on any atom is -0.383 e. The Morgan fingerprint density at radius 2 is 1.97 bits per heavy atom. The first-order chi connectivity index (χ1) is 15.2. The highest BCUT2D eigenvalue weighted by Gasteiger charge is 2.31. The van der Waals surface area contributed by atoms with Gasteiger partial charge in [-0.15, -0.1) is 4.48 Å². The highest BCUT2D eigenvalue weighted by atomic mass is 79.9. The second-order valence-corrected chi connectivity index (χ2v) is 8.04. The molecule has 2 heterocycles. The molecule has 2 unspecified atom stereocenters. The quantitative estimate of drug-likeness (QED) is 0.466. The van der Waals surface area contributed by atoms with E-state index in [-0.39, 0.29) is 30.1 Å². The van der Waals surface area contributed by atoms with Gasteiger partial charge in [0.05, 0.1) is 19.2 Å². The van der Waals surface area contributed by atoms with Crippen LogP contribution < -0.4 is 11.3 Å². The van der Waals surface area contributed by atoms with Crippen molar-refractivity contribution in [3.05, 3.63) is 64.0 Å². The first-order valence-electron chi connectivity index (χ1n) is 9.77. The molecule has 0 saturated carbocycles. The summed E-state index contributed by atoms with van der Waals surface area (Å²) in [5.74, 6) is -1.32. The summed E-state index contributed by atoms with van der Waals surface area (Å²) >= 11 is 2.99. The van der Waals surface area contributed by atoms with Gasteiger partial charge in [-0.1, -0.05) is 18.2 Å². The number of allylic oxidation sites excluding steroid dienone is 2. The van der Waals surface area contributed by atoms with Crippen molar-refractivity contribution >= 4 is 33.3 Å². The lowest BCUT2D eigenvalue weighted by molar-refractivity contribution is -0.124. The lowest BCUT2D eigenvalue weighted by Gasteiger charge is -2.32. The third-order valence-corrected chi connectivity index (χ3v) is 6.04. The standard InChI is InChI=1S/C21H22BrF3N4O3/c1-12-15(3-2-8-29(12)21(31)17(22)19(26)27-25)13-4-6-14(7-5-13)20(30)28-9-10-32-16(11-28)18(23)24/h2-8,12,16,18,27H,9-11,26H2,1H3/b19-17-. The molecule has 0 radical (unpaired) electrons. The van der Waals surface area contributed by atoms with E-state index in [9.17, 15) is 22.9 Å². The van der Waals surface area contributed by atoms with Crippen molar-refractivity contribution in [2.24, 2.45) is 5.73 Å². The fourth-order valence-electron chi connectivity index (χ4n) is 3.51. The van der Waals surface area contributed by atoms with Crippen LogP contribution in [0.4, 0.5) is 13.3 Å². The molecule has 2 aliphatic heterocycles. The third kappa shape index (κ3) is 4.99. The van der Waals surface area contributed by atoms with E-state index < -0.39 is 30.3 Å². The number of carbonyl (C=O) groups excluding carboxylic acids is 2. The maximum atomic E-state index is 12.9. The number of alkyl halides is 2. The average Bonchev–Trinajstić information content (AvgIpc) is 2.82. The van der Waals surface area contributed by atoms with Gasteiger partial charge in [-0.25, -0.2) is 14.3 Å². The van der Waals surface area contributed by atoms with E-state index in [2.05, 4.69) is 15.9 Å². The molecule has 0 bridgehead atoms. The Labute approximate surface area is 191 Å². The molecule has 3 rings (SSSR count). The van der Waals surface area contributed by atoms with Crippen molar-refractivity contribution in [3.8, 4) is 0 Å². The molecule has 2 atom stereocenters. The van der Waals surface area contributed by atoms with E-state index in [1.54, 1.807) is 43.5 Å². The summed E-state index contributed by atoms with van der Waals surface area (Å²) in [6.07, 6.45) is 1.11. The summed E-state index contributed by atoms with van der Waals surface area (Å²) in [5, 5.41) is 0. The molecular formula is C21H22BrF3N4O3. The number of morpholine rings is 1. The largest absolute Gasteiger partial charge is 0.383 e. The van der Waals surface area contributed by atoms with Crippen LogP contribution in [-0.4, -0.2) is 59.9 Å². The van der Waals surface area contributed by atoms with Crippen molar-refractivity contribution in [3.63, 3.8) is 0 Å². The molecule has 7 nitrogen and oxygen atoms in total. The van der Waals surface area contributed by atoms with Crippen LogP contribution >= 0.6 is 15.9 Å². The summed E-state index contributed by atoms with van der Waals surface area (Å²) < 4.78 is 43.3. The topological polar surface area (TPSA) is 87.9 Å². The van der Waals surface area contributed by atoms with Gasteiger partial charge in [0.2, 0.25) is 0 Å². The van der Waals surface area contributed by atoms with E-state index in [1.807, 2.05) is 6.08 Å². The van der Waals surface area contributed by atoms with E-state index >= 15 is 0 Å². The molecule has 2 amide bonds. The van der Waals surface area contributed by atoms with Gasteiger partial charge in [-0.3, -0.25) is 9.59 Å². The Kier molecular flexibility index (Phi) is 7.62. The highest BCUT2D eigenvalue weighted by Crippen LogP contribution is 2.29. The second kappa shape index (κ2) is 10.2. The monoisotopic (exact) mass is 514 g/mol. The van der Waals surface area contributed by atoms with E-state index in [0.29, 0.717) is 5.56 Å². The van der Waals surface area contributed by atoms with Crippen LogP contribution in [0.3, 0.4) is 0 Å². The zero-order valence-corrected chi connectivity index (χ0v) is 18.7. The van der Waals surface area contributed by atoms with Crippen LogP contribution in [0.15, 0.2) is 52.9 Å². The maximum Gasteiger partial charge on any atom is 0.269 e. The zero-order valence-electron chi connectivity index (χ0n) is 17.1. The van der Waals surface area contributed by atoms with Crippen molar-refractivity contribution in [2.75, 3.05) is 19.7 Å². The van der Waals surface area contributed by atoms with Crippen molar-refractivity contribution in [1.82, 2.24) is 15.3 Å². The van der Waals surface area contributed by atoms with Crippen LogP contribution in [0.1, 0.15) is 22.8 Å². The number of hydrogen-bond acceptors (Lipinski definition) is 5. The first kappa shape index (κ1) is 23.9. The zero-order chi connectivity index (χ0) is 23.4. The van der Waals surface area contributed by atoms with Gasteiger partial charge < -0.3 is 20.3 Å². The van der Waals surface area contributed by atoms with Gasteiger partial charge in [0, 0.05) is 18.3 Å². The number of benzene rings is 1. The number of halogens is 4. The Hall–Kier alpha value is -2.79. The Morgan fingerprint density at radius 3 is 2.59 bits per heavy atom. The average molecular weight is 515 g/mol. The Balaban J connectivity index is 1.74. The number of hydrogen-bond donors (Lipinski definition) is 2. The first-order valence-corrected chi connectivity index (χ1v) is 10.6. The molecule has 1 aromatic carbocycles. The van der Waals surface area contributed by atoms with E-state index in [1.165, 1.54) is 15.3 Å². The van der Waals surface area contributed by atoms with Crippen molar-refractivity contribution < 1.29 is 27.6 Å². The number of rotatable bonds is 5. The maximum absolute atomic E-state index is 12.9. The molecular weight excluding hydrogens is 493 g/mol. The number of nitrogens with zero attached hydrogens (tertiary/aromatic N) is 2. The lowest BCUT2D eigenvalue weighted by Crippen LogP contribution is -2.48. The van der Waals surface area contributed by atoms with Gasteiger partial charge >= 0.3 is 0 Å². The summed E-state index contributed by atoms with van der Waals surface area (Å²) in [5.41, 5.74) is 8.57. The summed E-state index contributed by atoms with van der Waals surface area (Å²) in [4.78, 5) is 28.1. The molecule has 3 N–H and O–H groups in total. The van der Waals surface area contributed by atoms with Gasteiger partial charge in [-0.2, -0.15) is 0 Å². The highest BCUT2D eigenvalue weighted by molar-refractivity contribution is 9.12. The van der Waals surface area contributed by atoms with Crippen LogP contribution in [0.2, 0.25) is 0 Å². The Bertz CT molecular complexity index is 966. The summed E-state index contributed by atoms with van der Waals surface area (Å²) in [7, 11) is 0. The second-order valence-electron chi connectivity index (χ2n) is 7.25. The summed E-state index contributed by atoms with van der Waals surface area (Å²) in [6.45, 7) is 1.93. The van der Waals surface area contributed by atoms with Crippen LogP contribution in [0.5, 0.6) is 0 Å². The Morgan fingerprint density at radius 1 is 1.28 bits per heavy atom. The van der Waals surface area contributed by atoms with Crippen molar-refractivity contribution in [1.29, 1.82) is 0 Å². The molecule has 1 fully saturated rings. The summed E-state index contributed by atoms with van der Waals surface area (Å²) in [6, 6.07) is 6.28. The fourth-order valence-corrected chi connectivity index (χ4v) is 3.79. The molecule has 1 aromatic rings. The molecule has 2 aliphatic rings. The molecule has 32 heavy (non-hydrogen) atoms. The molecule has 0 aromatic heterocycles. The van der Waals surface area contributed by atoms with Crippen LogP contribution in [0.25, 0.3) is 5.57 Å². The molecule has 172 valence electrons. The SMILES string of the molecule is CC1C(c2ccc(C(=O)N3CCOC(C(F)F)C3)cc2)=CC=CN1C(=O)/C(Br)=C(\N)NF. The number of nitrogens with two attached hydrogens (primary N) is 1. The predicted octanol–water partition coefficient (Wildman–Crippen LogP) is 2.92. The number of ether oxygens (including phenoxy) is 1. The predicted molar refractivity (Wildman–Crippen MR) is 116 cm³/mol. The molecule has 0 aliphatic carbocycles. The third-order valence-electron chi connectivity index (χ3n) is 5.28. The van der Waals surface area contributed by atoms with Gasteiger partial charge in [-0.05, 0) is 52.2 Å². The minimum atomic E-state index is -2.66. The van der Waals surface area contributed by atoms with Gasteiger partial charge in [0.25, 0.3) is 18.2 Å². The normalized spacial score (nSPS) is 21.9. The molecule has 0 spiro atoms. The van der Waals surface area contributed by atoms with E-state index in [0.717, 1.165) is 11.1 Å². The smallest absolute Gasteiger partial charge is 0.269 e. The van der Waals surface area contributed by atoms with Crippen LogP contribution in [-0.2, 0) is 9.53 Å². The lowest BCUT2D eigenvalue weighted by atomic mass is 9.95. The van der Waals surface area contributed by atoms with Crippen molar-refractivity contribution in [2.45, 2.75) is 25.5 Å². The van der Waals surface area contributed by atoms with E-state index in [4.69, 9.17) is 10.5 Å². The fraction of sp³-hybridized carbons (Fsp3) is 0.333. The van der Waals surface area contributed by atoms with Crippen LogP contribution in [0, 0.1) is 0 Å². The number of carbonyl (C=O) groups is 2. The molecule has 1 saturated heterocycles. The number of amides is 2. The molecule has 11 heteroatoms. The number of nitrogens with one attached hydrogen (secondary N) is 1. The minimum absolute atomic E-state index is 0.0614.